The van der Waals surface area contributed by atoms with E-state index < -0.39 is 6.04 Å². The van der Waals surface area contributed by atoms with Crippen molar-refractivity contribution < 1.29 is 14.3 Å². The van der Waals surface area contributed by atoms with E-state index in [1.807, 2.05) is 101 Å². The van der Waals surface area contributed by atoms with Crippen molar-refractivity contribution in [2.45, 2.75) is 59.7 Å². The largest absolute Gasteiger partial charge is 0.484 e. The van der Waals surface area contributed by atoms with E-state index >= 15 is 0 Å². The van der Waals surface area contributed by atoms with Crippen molar-refractivity contribution in [3.05, 3.63) is 99.6 Å². The summed E-state index contributed by atoms with van der Waals surface area (Å²) in [5.74, 6) is 0.123. The maximum atomic E-state index is 13.6. The maximum Gasteiger partial charge on any atom is 0.261 e. The second kappa shape index (κ2) is 12.6. The molecule has 3 aromatic carbocycles. The summed E-state index contributed by atoms with van der Waals surface area (Å²) in [4.78, 5) is 28.7. The molecule has 5 nitrogen and oxygen atoms in total. The van der Waals surface area contributed by atoms with Crippen LogP contribution in [0.1, 0.15) is 41.7 Å². The Labute approximate surface area is 219 Å². The van der Waals surface area contributed by atoms with Crippen LogP contribution in [0.15, 0.2) is 66.7 Å². The number of carbonyl (C=O) groups is 2. The Morgan fingerprint density at radius 3 is 2.11 bits per heavy atom. The molecule has 0 aliphatic heterocycles. The number of carbonyl (C=O) groups excluding carboxylic acids is 2. The Bertz CT molecular complexity index is 1150. The third-order valence-electron chi connectivity index (χ3n) is 5.95. The lowest BCUT2D eigenvalue weighted by atomic mass is 10.0. The number of nitrogens with one attached hydrogen (secondary N) is 1. The molecule has 190 valence electrons. The molecule has 1 atom stereocenters. The molecular formula is C30H35ClN2O3. The van der Waals surface area contributed by atoms with Crippen molar-refractivity contribution in [3.63, 3.8) is 0 Å². The highest BCUT2D eigenvalue weighted by Crippen LogP contribution is 2.26. The van der Waals surface area contributed by atoms with E-state index in [1.165, 1.54) is 0 Å². The number of hydrogen-bond donors (Lipinski definition) is 1. The van der Waals surface area contributed by atoms with Crippen LogP contribution < -0.4 is 10.1 Å². The number of amides is 2. The molecule has 3 aromatic rings. The first kappa shape index (κ1) is 27.3. The topological polar surface area (TPSA) is 58.6 Å². The fraction of sp³-hybridized carbons (Fsp3) is 0.333. The van der Waals surface area contributed by atoms with Crippen LogP contribution in [-0.4, -0.2) is 35.4 Å². The Morgan fingerprint density at radius 1 is 0.917 bits per heavy atom. The van der Waals surface area contributed by atoms with Crippen molar-refractivity contribution in [1.82, 2.24) is 10.2 Å². The highest BCUT2D eigenvalue weighted by atomic mass is 35.5. The molecule has 1 N–H and O–H groups in total. The first-order valence-electron chi connectivity index (χ1n) is 12.2. The van der Waals surface area contributed by atoms with Gasteiger partial charge < -0.3 is 15.0 Å². The molecule has 0 aromatic heterocycles. The second-order valence-corrected chi connectivity index (χ2v) is 9.91. The number of hydrogen-bond acceptors (Lipinski definition) is 3. The van der Waals surface area contributed by atoms with Gasteiger partial charge in [0.25, 0.3) is 5.91 Å². The average molecular weight is 507 g/mol. The van der Waals surface area contributed by atoms with Gasteiger partial charge in [0.05, 0.1) is 0 Å². The zero-order chi connectivity index (χ0) is 26.2. The minimum Gasteiger partial charge on any atom is -0.484 e. The smallest absolute Gasteiger partial charge is 0.261 e. The first-order chi connectivity index (χ1) is 17.1. The van der Waals surface area contributed by atoms with Gasteiger partial charge in [0.2, 0.25) is 5.91 Å². The number of nitrogens with zero attached hydrogens (tertiary/aromatic N) is 1. The van der Waals surface area contributed by atoms with Gasteiger partial charge in [-0.2, -0.15) is 0 Å². The predicted molar refractivity (Wildman–Crippen MR) is 145 cm³/mol. The maximum absolute atomic E-state index is 13.6. The van der Waals surface area contributed by atoms with Gasteiger partial charge in [-0.1, -0.05) is 71.8 Å². The summed E-state index contributed by atoms with van der Waals surface area (Å²) < 4.78 is 5.90. The monoisotopic (exact) mass is 506 g/mol. The molecular weight excluding hydrogens is 472 g/mol. The molecule has 0 aliphatic rings. The predicted octanol–water partition coefficient (Wildman–Crippen LogP) is 5.81. The van der Waals surface area contributed by atoms with E-state index in [1.54, 1.807) is 4.90 Å². The third kappa shape index (κ3) is 7.59. The molecule has 0 aliphatic carbocycles. The van der Waals surface area contributed by atoms with Gasteiger partial charge in [0, 0.05) is 24.0 Å². The molecule has 0 spiro atoms. The van der Waals surface area contributed by atoms with Crippen molar-refractivity contribution >= 4 is 23.4 Å². The minimum atomic E-state index is -0.694. The minimum absolute atomic E-state index is 0.0524. The molecule has 36 heavy (non-hydrogen) atoms. The van der Waals surface area contributed by atoms with Crippen LogP contribution in [-0.2, 0) is 22.6 Å². The first-order valence-corrected chi connectivity index (χ1v) is 12.6. The molecule has 0 heterocycles. The number of ether oxygens (including phenoxy) is 1. The lowest BCUT2D eigenvalue weighted by Gasteiger charge is -2.32. The van der Waals surface area contributed by atoms with Crippen LogP contribution in [0.4, 0.5) is 0 Å². The second-order valence-electron chi connectivity index (χ2n) is 9.54. The SMILES string of the molecule is Cc1ccc(CN(C(=O)COc2cc(C)c(Cl)c(C)c2)[C@@H](Cc2ccccc2)C(=O)NC(C)C)cc1. The third-order valence-corrected chi connectivity index (χ3v) is 6.54. The molecule has 0 saturated carbocycles. The Kier molecular flexibility index (Phi) is 9.54. The number of benzene rings is 3. The van der Waals surface area contributed by atoms with E-state index in [2.05, 4.69) is 5.32 Å². The number of aryl methyl sites for hydroxylation is 3. The fourth-order valence-corrected chi connectivity index (χ4v) is 4.15. The molecule has 3 rings (SSSR count). The van der Waals surface area contributed by atoms with Crippen molar-refractivity contribution in [2.24, 2.45) is 0 Å². The van der Waals surface area contributed by atoms with Gasteiger partial charge in [0.1, 0.15) is 11.8 Å². The van der Waals surface area contributed by atoms with Crippen molar-refractivity contribution in [1.29, 1.82) is 0 Å². The van der Waals surface area contributed by atoms with Crippen LogP contribution in [0.3, 0.4) is 0 Å². The summed E-state index contributed by atoms with van der Waals surface area (Å²) in [5, 5.41) is 3.68. The average Bonchev–Trinajstić information content (AvgIpc) is 2.84. The lowest BCUT2D eigenvalue weighted by molar-refractivity contribution is -0.143. The van der Waals surface area contributed by atoms with Crippen LogP contribution >= 0.6 is 11.6 Å². The van der Waals surface area contributed by atoms with E-state index in [-0.39, 0.29) is 24.5 Å². The Morgan fingerprint density at radius 2 is 1.53 bits per heavy atom. The van der Waals surface area contributed by atoms with Gasteiger partial charge in [-0.15, -0.1) is 0 Å². The van der Waals surface area contributed by atoms with E-state index in [4.69, 9.17) is 16.3 Å². The van der Waals surface area contributed by atoms with Crippen LogP contribution in [0.2, 0.25) is 5.02 Å². The molecule has 2 amide bonds. The zero-order valence-electron chi connectivity index (χ0n) is 21.7. The van der Waals surface area contributed by atoms with Crippen LogP contribution in [0.25, 0.3) is 0 Å². The highest BCUT2D eigenvalue weighted by Gasteiger charge is 2.31. The molecule has 0 unspecified atom stereocenters. The summed E-state index contributed by atoms with van der Waals surface area (Å²) in [5.41, 5.74) is 4.82. The fourth-order valence-electron chi connectivity index (χ4n) is 4.04. The Balaban J connectivity index is 1.91. The summed E-state index contributed by atoms with van der Waals surface area (Å²) in [6.07, 6.45) is 0.399. The van der Waals surface area contributed by atoms with Gasteiger partial charge in [-0.05, 0) is 69.0 Å². The summed E-state index contributed by atoms with van der Waals surface area (Å²) in [6, 6.07) is 20.6. The summed E-state index contributed by atoms with van der Waals surface area (Å²) >= 11 is 6.28. The van der Waals surface area contributed by atoms with E-state index in [0.29, 0.717) is 23.7 Å². The summed E-state index contributed by atoms with van der Waals surface area (Å²) in [7, 11) is 0. The van der Waals surface area contributed by atoms with Crippen LogP contribution in [0.5, 0.6) is 5.75 Å². The number of rotatable bonds is 10. The van der Waals surface area contributed by atoms with Crippen molar-refractivity contribution in [3.8, 4) is 5.75 Å². The van der Waals surface area contributed by atoms with Gasteiger partial charge in [-0.25, -0.2) is 0 Å². The lowest BCUT2D eigenvalue weighted by Crippen LogP contribution is -2.52. The molecule has 0 saturated heterocycles. The van der Waals surface area contributed by atoms with Gasteiger partial charge >= 0.3 is 0 Å². The van der Waals surface area contributed by atoms with E-state index in [9.17, 15) is 9.59 Å². The zero-order valence-corrected chi connectivity index (χ0v) is 22.4. The standard InChI is InChI=1S/C30H35ClN2O3/c1-20(2)32-30(35)27(17-24-9-7-6-8-10-24)33(18-25-13-11-21(3)12-14-25)28(34)19-36-26-15-22(4)29(31)23(5)16-26/h6-16,20,27H,17-19H2,1-5H3,(H,32,35)/t27-/m0/s1. The normalized spacial score (nSPS) is 11.8. The molecule has 0 fully saturated rings. The Hall–Kier alpha value is -3.31. The quantitative estimate of drug-likeness (QED) is 0.377. The number of halogens is 1. The van der Waals surface area contributed by atoms with Gasteiger partial charge in [0.15, 0.2) is 6.61 Å². The van der Waals surface area contributed by atoms with Crippen molar-refractivity contribution in [2.75, 3.05) is 6.61 Å². The molecule has 0 radical (unpaired) electrons. The van der Waals surface area contributed by atoms with E-state index in [0.717, 1.165) is 27.8 Å². The van der Waals surface area contributed by atoms with Crippen LogP contribution in [0, 0.1) is 20.8 Å². The molecule has 6 heteroatoms. The van der Waals surface area contributed by atoms with Gasteiger partial charge in [-0.3, -0.25) is 9.59 Å². The summed E-state index contributed by atoms with van der Waals surface area (Å²) in [6.45, 7) is 9.76. The molecule has 0 bridgehead atoms. The highest BCUT2D eigenvalue weighted by molar-refractivity contribution is 6.32.